The molecule has 2 atom stereocenters. The maximum atomic E-state index is 11.6. The van der Waals surface area contributed by atoms with Crippen molar-refractivity contribution in [3.63, 3.8) is 0 Å². The van der Waals surface area contributed by atoms with Crippen molar-refractivity contribution < 1.29 is 4.79 Å². The number of nitrogens with one attached hydrogen (secondary N) is 3. The normalized spacial score (nSPS) is 26.4. The maximum Gasteiger partial charge on any atom is 0.242 e. The van der Waals surface area contributed by atoms with Gasteiger partial charge in [0.25, 0.3) is 0 Å². The summed E-state index contributed by atoms with van der Waals surface area (Å²) >= 11 is 0. The van der Waals surface area contributed by atoms with E-state index in [1.54, 1.807) is 12.3 Å². The van der Waals surface area contributed by atoms with Gasteiger partial charge in [0.15, 0.2) is 5.82 Å². The molecule has 1 aromatic rings. The van der Waals surface area contributed by atoms with E-state index >= 15 is 0 Å². The molecule has 5 nitrogen and oxygen atoms in total. The predicted molar refractivity (Wildman–Crippen MR) is 52.8 cm³/mol. The second-order valence-electron chi connectivity index (χ2n) is 3.75. The van der Waals surface area contributed by atoms with Crippen molar-refractivity contribution in [3.8, 4) is 0 Å². The van der Waals surface area contributed by atoms with Crippen LogP contribution in [0.4, 0.5) is 5.82 Å². The molecular weight excluding hydrogens is 180 g/mol. The van der Waals surface area contributed by atoms with Crippen LogP contribution in [0.3, 0.4) is 0 Å². The number of nitrogens with zero attached hydrogens (tertiary/aromatic N) is 1. The van der Waals surface area contributed by atoms with Gasteiger partial charge in [-0.25, -0.2) is 0 Å². The van der Waals surface area contributed by atoms with Crippen LogP contribution in [0.25, 0.3) is 0 Å². The van der Waals surface area contributed by atoms with Crippen molar-refractivity contribution in [1.29, 1.82) is 0 Å². The van der Waals surface area contributed by atoms with Crippen molar-refractivity contribution in [3.05, 3.63) is 12.3 Å². The number of carbonyl (C=O) groups excluding carboxylic acids is 1. The minimum absolute atomic E-state index is 0.00134. The summed E-state index contributed by atoms with van der Waals surface area (Å²) in [6.07, 6.45) is 2.58. The van der Waals surface area contributed by atoms with Gasteiger partial charge in [0, 0.05) is 12.3 Å². The van der Waals surface area contributed by atoms with E-state index in [0.29, 0.717) is 11.7 Å². The summed E-state index contributed by atoms with van der Waals surface area (Å²) in [6, 6.07) is 1.66. The van der Waals surface area contributed by atoms with Crippen molar-refractivity contribution in [2.45, 2.75) is 19.4 Å². The van der Waals surface area contributed by atoms with Crippen LogP contribution < -0.4 is 10.6 Å². The molecule has 1 aliphatic rings. The van der Waals surface area contributed by atoms with E-state index in [1.165, 1.54) is 0 Å². The first kappa shape index (κ1) is 9.21. The summed E-state index contributed by atoms with van der Waals surface area (Å²) in [5, 5.41) is 12.4. The largest absolute Gasteiger partial charge is 0.308 e. The molecule has 3 N–H and O–H groups in total. The quantitative estimate of drug-likeness (QED) is 0.636. The molecule has 0 bridgehead atoms. The number of anilines is 1. The van der Waals surface area contributed by atoms with Gasteiger partial charge in [0.2, 0.25) is 5.91 Å². The molecule has 0 aromatic carbocycles. The Kier molecular flexibility index (Phi) is 2.49. The number of rotatable bonds is 2. The molecule has 1 aromatic heterocycles. The second-order valence-corrected chi connectivity index (χ2v) is 3.75. The Morgan fingerprint density at radius 2 is 2.57 bits per heavy atom. The fourth-order valence-corrected chi connectivity index (χ4v) is 1.66. The molecule has 1 aliphatic heterocycles. The molecule has 14 heavy (non-hydrogen) atoms. The highest BCUT2D eigenvalue weighted by Crippen LogP contribution is 2.14. The van der Waals surface area contributed by atoms with Crippen molar-refractivity contribution in [2.75, 3.05) is 11.9 Å². The number of aromatic nitrogens is 2. The number of amides is 1. The van der Waals surface area contributed by atoms with Crippen LogP contribution in [-0.4, -0.2) is 28.7 Å². The van der Waals surface area contributed by atoms with E-state index in [-0.39, 0.29) is 11.9 Å². The zero-order valence-electron chi connectivity index (χ0n) is 8.08. The van der Waals surface area contributed by atoms with Gasteiger partial charge >= 0.3 is 0 Å². The van der Waals surface area contributed by atoms with Crippen molar-refractivity contribution >= 4 is 11.7 Å². The van der Waals surface area contributed by atoms with E-state index in [1.807, 2.05) is 0 Å². The molecule has 5 heteroatoms. The minimum atomic E-state index is -0.0679. The highest BCUT2D eigenvalue weighted by molar-refractivity contribution is 5.94. The first-order valence-electron chi connectivity index (χ1n) is 4.80. The lowest BCUT2D eigenvalue weighted by atomic mass is 10.1. The van der Waals surface area contributed by atoms with E-state index in [4.69, 9.17) is 0 Å². The van der Waals surface area contributed by atoms with Gasteiger partial charge in [-0.1, -0.05) is 6.92 Å². The molecule has 1 amide bonds. The molecule has 0 saturated carbocycles. The smallest absolute Gasteiger partial charge is 0.242 e. The van der Waals surface area contributed by atoms with Crippen LogP contribution in [0.2, 0.25) is 0 Å². The molecule has 76 valence electrons. The van der Waals surface area contributed by atoms with E-state index in [2.05, 4.69) is 27.8 Å². The third-order valence-electron chi connectivity index (χ3n) is 2.42. The zero-order valence-corrected chi connectivity index (χ0v) is 8.08. The minimum Gasteiger partial charge on any atom is -0.308 e. The average molecular weight is 194 g/mol. The lowest BCUT2D eigenvalue weighted by molar-refractivity contribution is -0.117. The molecule has 2 rings (SSSR count). The van der Waals surface area contributed by atoms with Crippen LogP contribution >= 0.6 is 0 Å². The van der Waals surface area contributed by atoms with Gasteiger partial charge in [-0.15, -0.1) is 0 Å². The lowest BCUT2D eigenvalue weighted by Gasteiger charge is -2.08. The molecule has 0 aliphatic carbocycles. The van der Waals surface area contributed by atoms with Gasteiger partial charge in [0.1, 0.15) is 0 Å². The zero-order chi connectivity index (χ0) is 9.97. The lowest BCUT2D eigenvalue weighted by Crippen LogP contribution is -2.35. The Labute approximate surface area is 82.3 Å². The molecule has 1 fully saturated rings. The molecule has 0 spiro atoms. The van der Waals surface area contributed by atoms with Crippen LogP contribution in [0.15, 0.2) is 12.3 Å². The Hall–Kier alpha value is -1.36. The van der Waals surface area contributed by atoms with E-state index in [9.17, 15) is 4.79 Å². The Balaban J connectivity index is 1.90. The van der Waals surface area contributed by atoms with Gasteiger partial charge < -0.3 is 10.6 Å². The summed E-state index contributed by atoms with van der Waals surface area (Å²) in [5.41, 5.74) is 0. The van der Waals surface area contributed by atoms with Crippen LogP contribution in [-0.2, 0) is 4.79 Å². The number of hydrogen-bond donors (Lipinski definition) is 3. The molecule has 1 unspecified atom stereocenters. The first-order valence-corrected chi connectivity index (χ1v) is 4.80. The number of H-pyrrole nitrogens is 1. The second kappa shape index (κ2) is 3.79. The summed E-state index contributed by atoms with van der Waals surface area (Å²) in [7, 11) is 0. The van der Waals surface area contributed by atoms with Gasteiger partial charge in [-0.3, -0.25) is 9.89 Å². The summed E-state index contributed by atoms with van der Waals surface area (Å²) in [4.78, 5) is 11.6. The van der Waals surface area contributed by atoms with Crippen LogP contribution in [0, 0.1) is 5.92 Å². The van der Waals surface area contributed by atoms with Gasteiger partial charge in [0.05, 0.1) is 6.04 Å². The summed E-state index contributed by atoms with van der Waals surface area (Å²) < 4.78 is 0. The van der Waals surface area contributed by atoms with Crippen molar-refractivity contribution in [2.24, 2.45) is 5.92 Å². The molecule has 2 heterocycles. The van der Waals surface area contributed by atoms with Crippen molar-refractivity contribution in [1.82, 2.24) is 15.5 Å². The van der Waals surface area contributed by atoms with Crippen LogP contribution in [0.1, 0.15) is 13.3 Å². The number of hydrogen-bond acceptors (Lipinski definition) is 3. The number of carbonyl (C=O) groups is 1. The maximum absolute atomic E-state index is 11.6. The Morgan fingerprint density at radius 1 is 1.71 bits per heavy atom. The summed E-state index contributed by atoms with van der Waals surface area (Å²) in [5.74, 6) is 1.16. The van der Waals surface area contributed by atoms with E-state index in [0.717, 1.165) is 13.0 Å². The highest BCUT2D eigenvalue weighted by atomic mass is 16.2. The van der Waals surface area contributed by atoms with Gasteiger partial charge in [-0.2, -0.15) is 5.10 Å². The third-order valence-corrected chi connectivity index (χ3v) is 2.42. The topological polar surface area (TPSA) is 69.8 Å². The monoisotopic (exact) mass is 194 g/mol. The summed E-state index contributed by atoms with van der Waals surface area (Å²) in [6.45, 7) is 3.05. The molecule has 1 saturated heterocycles. The number of aromatic amines is 1. The standard InChI is InChI=1S/C9H14N4O/c1-6-4-7(10-5-6)9(14)12-8-2-3-11-13-8/h2-3,6-7,10H,4-5H2,1H3,(H2,11,12,13,14)/t6?,7-/m0/s1. The Morgan fingerprint density at radius 3 is 3.14 bits per heavy atom. The van der Waals surface area contributed by atoms with E-state index < -0.39 is 0 Å². The average Bonchev–Trinajstić information content (AvgIpc) is 2.75. The third kappa shape index (κ3) is 1.93. The fourth-order valence-electron chi connectivity index (χ4n) is 1.66. The van der Waals surface area contributed by atoms with Gasteiger partial charge in [-0.05, 0) is 18.9 Å². The Bertz CT molecular complexity index is 309. The fraction of sp³-hybridized carbons (Fsp3) is 0.556. The predicted octanol–water partition coefficient (Wildman–Crippen LogP) is 0.346. The van der Waals surface area contributed by atoms with Crippen LogP contribution in [0.5, 0.6) is 0 Å². The first-order chi connectivity index (χ1) is 6.75. The SMILES string of the molecule is CC1CN[C@H](C(=O)Nc2cc[nH]n2)C1. The molecule has 0 radical (unpaired) electrons. The highest BCUT2D eigenvalue weighted by Gasteiger charge is 2.26. The molecular formula is C9H14N4O.